The maximum absolute atomic E-state index is 11.7. The normalized spacial score (nSPS) is 9.53. The summed E-state index contributed by atoms with van der Waals surface area (Å²) in [4.78, 5) is 26.3. The SMILES string of the molecule is CC(C)=CCNC(=O)c1ncccc1C(=O)O. The molecule has 0 saturated carbocycles. The molecular weight excluding hydrogens is 220 g/mol. The zero-order valence-corrected chi connectivity index (χ0v) is 9.73. The lowest BCUT2D eigenvalue weighted by Gasteiger charge is -2.04. The molecule has 0 aliphatic heterocycles. The van der Waals surface area contributed by atoms with Crippen molar-refractivity contribution < 1.29 is 14.7 Å². The second-order valence-corrected chi connectivity index (χ2v) is 3.70. The summed E-state index contributed by atoms with van der Waals surface area (Å²) < 4.78 is 0. The molecule has 0 spiro atoms. The number of carbonyl (C=O) groups is 2. The predicted octanol–water partition coefficient (Wildman–Crippen LogP) is 1.48. The lowest BCUT2D eigenvalue weighted by atomic mass is 10.2. The van der Waals surface area contributed by atoms with Gasteiger partial charge < -0.3 is 10.4 Å². The van der Waals surface area contributed by atoms with Gasteiger partial charge in [-0.1, -0.05) is 11.6 Å². The number of amides is 1. The second kappa shape index (κ2) is 5.79. The van der Waals surface area contributed by atoms with E-state index in [0.29, 0.717) is 6.54 Å². The van der Waals surface area contributed by atoms with Gasteiger partial charge in [0.2, 0.25) is 0 Å². The molecule has 1 amide bonds. The van der Waals surface area contributed by atoms with E-state index in [1.54, 1.807) is 0 Å². The van der Waals surface area contributed by atoms with Crippen molar-refractivity contribution in [3.05, 3.63) is 41.2 Å². The number of pyridine rings is 1. The standard InChI is InChI=1S/C12H14N2O3/c1-8(2)5-7-14-11(15)10-9(12(16)17)4-3-6-13-10/h3-6H,7H2,1-2H3,(H,14,15)(H,16,17). The molecule has 0 aliphatic rings. The van der Waals surface area contributed by atoms with Gasteiger partial charge in [-0.25, -0.2) is 4.79 Å². The minimum Gasteiger partial charge on any atom is -0.478 e. The largest absolute Gasteiger partial charge is 0.478 e. The van der Waals surface area contributed by atoms with Crippen molar-refractivity contribution in [1.29, 1.82) is 0 Å². The summed E-state index contributed by atoms with van der Waals surface area (Å²) in [7, 11) is 0. The predicted molar refractivity (Wildman–Crippen MR) is 63.0 cm³/mol. The summed E-state index contributed by atoms with van der Waals surface area (Å²) in [5.74, 6) is -1.65. The van der Waals surface area contributed by atoms with E-state index in [1.807, 2.05) is 19.9 Å². The molecule has 0 aromatic carbocycles. The van der Waals surface area contributed by atoms with Gasteiger partial charge in [0.1, 0.15) is 5.69 Å². The molecule has 5 heteroatoms. The van der Waals surface area contributed by atoms with Crippen LogP contribution in [-0.2, 0) is 0 Å². The van der Waals surface area contributed by atoms with Crippen LogP contribution in [0.5, 0.6) is 0 Å². The summed E-state index contributed by atoms with van der Waals surface area (Å²) in [6.45, 7) is 4.18. The first kappa shape index (κ1) is 12.9. The van der Waals surface area contributed by atoms with Gasteiger partial charge in [0.05, 0.1) is 5.56 Å². The molecular formula is C12H14N2O3. The maximum Gasteiger partial charge on any atom is 0.338 e. The molecule has 0 saturated heterocycles. The smallest absolute Gasteiger partial charge is 0.338 e. The number of aromatic carboxylic acids is 1. The van der Waals surface area contributed by atoms with Crippen molar-refractivity contribution in [3.63, 3.8) is 0 Å². The Balaban J connectivity index is 2.82. The van der Waals surface area contributed by atoms with Crippen LogP contribution in [-0.4, -0.2) is 28.5 Å². The molecule has 0 bridgehead atoms. The zero-order chi connectivity index (χ0) is 12.8. The van der Waals surface area contributed by atoms with E-state index in [-0.39, 0.29) is 11.3 Å². The lowest BCUT2D eigenvalue weighted by Crippen LogP contribution is -2.26. The number of carbonyl (C=O) groups excluding carboxylic acids is 1. The molecule has 1 aromatic heterocycles. The average molecular weight is 234 g/mol. The van der Waals surface area contributed by atoms with Crippen LogP contribution >= 0.6 is 0 Å². The third-order valence-electron chi connectivity index (χ3n) is 2.03. The number of carboxylic acids is 1. The Morgan fingerprint density at radius 1 is 1.47 bits per heavy atom. The number of rotatable bonds is 4. The van der Waals surface area contributed by atoms with Gasteiger partial charge in [-0.15, -0.1) is 0 Å². The number of hydrogen-bond acceptors (Lipinski definition) is 3. The van der Waals surface area contributed by atoms with E-state index in [9.17, 15) is 9.59 Å². The summed E-state index contributed by atoms with van der Waals surface area (Å²) in [5, 5.41) is 11.5. The minimum absolute atomic E-state index is 0.0674. The van der Waals surface area contributed by atoms with Gasteiger partial charge >= 0.3 is 5.97 Å². The summed E-state index contributed by atoms with van der Waals surface area (Å²) in [6.07, 6.45) is 3.23. The topological polar surface area (TPSA) is 79.3 Å². The van der Waals surface area contributed by atoms with Crippen LogP contribution in [0.25, 0.3) is 0 Å². The first-order chi connectivity index (χ1) is 8.02. The first-order valence-corrected chi connectivity index (χ1v) is 5.12. The highest BCUT2D eigenvalue weighted by atomic mass is 16.4. The molecule has 5 nitrogen and oxygen atoms in total. The van der Waals surface area contributed by atoms with E-state index in [2.05, 4.69) is 10.3 Å². The van der Waals surface area contributed by atoms with Crippen molar-refractivity contribution in [3.8, 4) is 0 Å². The Kier molecular flexibility index (Phi) is 4.39. The van der Waals surface area contributed by atoms with Crippen LogP contribution in [0.4, 0.5) is 0 Å². The van der Waals surface area contributed by atoms with E-state index in [0.717, 1.165) is 5.57 Å². The molecule has 1 aromatic rings. The minimum atomic E-state index is -1.16. The maximum atomic E-state index is 11.7. The molecule has 0 atom stereocenters. The van der Waals surface area contributed by atoms with Crippen LogP contribution in [0.1, 0.15) is 34.7 Å². The number of carboxylic acid groups (broad SMARTS) is 1. The molecule has 0 fully saturated rings. The molecule has 1 heterocycles. The lowest BCUT2D eigenvalue weighted by molar-refractivity contribution is 0.0690. The van der Waals surface area contributed by atoms with Gasteiger partial charge in [0.25, 0.3) is 5.91 Å². The highest BCUT2D eigenvalue weighted by molar-refractivity contribution is 6.03. The van der Waals surface area contributed by atoms with Crippen LogP contribution in [0.15, 0.2) is 30.0 Å². The monoisotopic (exact) mass is 234 g/mol. The fraction of sp³-hybridized carbons (Fsp3) is 0.250. The summed E-state index contributed by atoms with van der Waals surface area (Å²) >= 11 is 0. The zero-order valence-electron chi connectivity index (χ0n) is 9.73. The fourth-order valence-corrected chi connectivity index (χ4v) is 1.19. The Hall–Kier alpha value is -2.17. The highest BCUT2D eigenvalue weighted by Gasteiger charge is 2.16. The van der Waals surface area contributed by atoms with Crippen molar-refractivity contribution in [1.82, 2.24) is 10.3 Å². The molecule has 0 aliphatic carbocycles. The summed E-state index contributed by atoms with van der Waals surface area (Å²) in [5.41, 5.74) is 0.911. The van der Waals surface area contributed by atoms with Crippen LogP contribution < -0.4 is 5.32 Å². The second-order valence-electron chi connectivity index (χ2n) is 3.70. The first-order valence-electron chi connectivity index (χ1n) is 5.12. The number of hydrogen-bond donors (Lipinski definition) is 2. The van der Waals surface area contributed by atoms with Crippen molar-refractivity contribution in [2.45, 2.75) is 13.8 Å². The third kappa shape index (κ3) is 3.71. The van der Waals surface area contributed by atoms with Gasteiger partial charge in [0, 0.05) is 12.7 Å². The van der Waals surface area contributed by atoms with Crippen molar-refractivity contribution in [2.75, 3.05) is 6.54 Å². The van der Waals surface area contributed by atoms with Gasteiger partial charge in [0.15, 0.2) is 0 Å². The van der Waals surface area contributed by atoms with Gasteiger partial charge in [-0.05, 0) is 26.0 Å². The number of allylic oxidation sites excluding steroid dienone is 1. The molecule has 2 N–H and O–H groups in total. The quantitative estimate of drug-likeness (QED) is 0.773. The van der Waals surface area contributed by atoms with E-state index < -0.39 is 11.9 Å². The average Bonchev–Trinajstić information content (AvgIpc) is 2.28. The fourth-order valence-electron chi connectivity index (χ4n) is 1.19. The molecule has 1 rings (SSSR count). The summed E-state index contributed by atoms with van der Waals surface area (Å²) in [6, 6.07) is 2.83. The highest BCUT2D eigenvalue weighted by Crippen LogP contribution is 2.04. The van der Waals surface area contributed by atoms with Crippen LogP contribution in [0.3, 0.4) is 0 Å². The Morgan fingerprint density at radius 3 is 2.76 bits per heavy atom. The van der Waals surface area contributed by atoms with Crippen molar-refractivity contribution >= 4 is 11.9 Å². The Bertz CT molecular complexity index is 463. The van der Waals surface area contributed by atoms with Crippen LogP contribution in [0.2, 0.25) is 0 Å². The molecule has 0 unspecified atom stereocenters. The van der Waals surface area contributed by atoms with E-state index in [4.69, 9.17) is 5.11 Å². The Labute approximate surface area is 99.2 Å². The number of nitrogens with zero attached hydrogens (tertiary/aromatic N) is 1. The Morgan fingerprint density at radius 2 is 2.18 bits per heavy atom. The molecule has 17 heavy (non-hydrogen) atoms. The molecule has 90 valence electrons. The van der Waals surface area contributed by atoms with Crippen molar-refractivity contribution in [2.24, 2.45) is 0 Å². The number of aromatic nitrogens is 1. The van der Waals surface area contributed by atoms with Gasteiger partial charge in [-0.2, -0.15) is 0 Å². The molecule has 0 radical (unpaired) electrons. The van der Waals surface area contributed by atoms with Gasteiger partial charge in [-0.3, -0.25) is 9.78 Å². The van der Waals surface area contributed by atoms with E-state index in [1.165, 1.54) is 18.3 Å². The third-order valence-corrected chi connectivity index (χ3v) is 2.03. The number of nitrogens with one attached hydrogen (secondary N) is 1. The van der Waals surface area contributed by atoms with Crippen LogP contribution in [0, 0.1) is 0 Å². The van der Waals surface area contributed by atoms with E-state index >= 15 is 0 Å².